The highest BCUT2D eigenvalue weighted by Gasteiger charge is 2.56. The van der Waals surface area contributed by atoms with Crippen molar-refractivity contribution in [2.24, 2.45) is 0 Å². The molecular weight excluding hydrogens is 185 g/mol. The number of carbonyl (C=O) groups excluding carboxylic acids is 1. The van der Waals surface area contributed by atoms with E-state index in [9.17, 15) is 18.0 Å². The van der Waals surface area contributed by atoms with Crippen LogP contribution in [0.15, 0.2) is 0 Å². The summed E-state index contributed by atoms with van der Waals surface area (Å²) in [5.74, 6) is -0.487. The van der Waals surface area contributed by atoms with Crippen LogP contribution in [-0.4, -0.2) is 30.7 Å². The number of halogens is 3. The number of alkyl halides is 3. The molecule has 1 fully saturated rings. The van der Waals surface area contributed by atoms with Crippen molar-refractivity contribution in [2.75, 3.05) is 13.1 Å². The fourth-order valence-electron chi connectivity index (χ4n) is 1.41. The first-order chi connectivity index (χ1) is 5.87. The number of hydrogen-bond acceptors (Lipinski definition) is 3. The third-order valence-corrected chi connectivity index (χ3v) is 1.98. The molecule has 0 aromatic heterocycles. The highest BCUT2D eigenvalue weighted by Crippen LogP contribution is 2.32. The third kappa shape index (κ3) is 2.00. The Morgan fingerprint density at radius 3 is 2.15 bits per heavy atom. The zero-order valence-electron chi connectivity index (χ0n) is 7.16. The minimum absolute atomic E-state index is 0.229. The van der Waals surface area contributed by atoms with E-state index in [1.807, 2.05) is 0 Å². The van der Waals surface area contributed by atoms with E-state index in [0.717, 1.165) is 6.92 Å². The first-order valence-corrected chi connectivity index (χ1v) is 3.94. The largest absolute Gasteiger partial charge is 0.420 e. The second-order valence-electron chi connectivity index (χ2n) is 3.14. The molecular formula is C7H11F3N2O. The Balaban J connectivity index is 2.81. The predicted octanol–water partition coefficient (Wildman–Crippen LogP) is 0.417. The number of ketones is 1. The summed E-state index contributed by atoms with van der Waals surface area (Å²) in [5.41, 5.74) is -2.20. The van der Waals surface area contributed by atoms with Crippen molar-refractivity contribution < 1.29 is 18.0 Å². The van der Waals surface area contributed by atoms with Crippen LogP contribution in [0.25, 0.3) is 0 Å². The molecule has 3 nitrogen and oxygen atoms in total. The van der Waals surface area contributed by atoms with Gasteiger partial charge in [0, 0.05) is 19.5 Å². The highest BCUT2D eigenvalue weighted by molar-refractivity contribution is 5.77. The molecule has 6 heteroatoms. The third-order valence-electron chi connectivity index (χ3n) is 1.98. The number of carbonyl (C=O) groups is 1. The molecule has 1 rings (SSSR count). The molecule has 1 saturated heterocycles. The van der Waals surface area contributed by atoms with Crippen molar-refractivity contribution in [2.45, 2.75) is 25.2 Å². The molecule has 0 radical (unpaired) electrons. The number of rotatable bonds is 2. The first-order valence-electron chi connectivity index (χ1n) is 3.94. The summed E-state index contributed by atoms with van der Waals surface area (Å²) >= 11 is 0. The van der Waals surface area contributed by atoms with Gasteiger partial charge >= 0.3 is 6.18 Å². The first kappa shape index (κ1) is 10.5. The zero-order chi connectivity index (χ0) is 10.1. The summed E-state index contributed by atoms with van der Waals surface area (Å²) in [6, 6.07) is 0. The van der Waals surface area contributed by atoms with Gasteiger partial charge in [0.2, 0.25) is 0 Å². The van der Waals surface area contributed by atoms with Crippen molar-refractivity contribution in [1.82, 2.24) is 10.6 Å². The van der Waals surface area contributed by atoms with Crippen LogP contribution in [0.2, 0.25) is 0 Å². The summed E-state index contributed by atoms with van der Waals surface area (Å²) in [6.45, 7) is 1.61. The van der Waals surface area contributed by atoms with Crippen LogP contribution in [0.1, 0.15) is 13.3 Å². The van der Waals surface area contributed by atoms with E-state index in [1.54, 1.807) is 0 Å². The highest BCUT2D eigenvalue weighted by atomic mass is 19.4. The average Bonchev–Trinajstić information content (AvgIpc) is 2.33. The summed E-state index contributed by atoms with van der Waals surface area (Å²) in [6.07, 6.45) is -4.99. The quantitative estimate of drug-likeness (QED) is 0.672. The van der Waals surface area contributed by atoms with Gasteiger partial charge in [-0.15, -0.1) is 0 Å². The molecule has 2 N–H and O–H groups in total. The van der Waals surface area contributed by atoms with Gasteiger partial charge in [-0.1, -0.05) is 0 Å². The van der Waals surface area contributed by atoms with Gasteiger partial charge in [0.1, 0.15) is 5.78 Å². The van der Waals surface area contributed by atoms with Gasteiger partial charge in [-0.2, -0.15) is 13.2 Å². The lowest BCUT2D eigenvalue weighted by Crippen LogP contribution is -2.61. The summed E-state index contributed by atoms with van der Waals surface area (Å²) in [5, 5.41) is 4.57. The Kier molecular flexibility index (Phi) is 2.63. The maximum absolute atomic E-state index is 12.5. The van der Waals surface area contributed by atoms with Crippen LogP contribution in [-0.2, 0) is 4.79 Å². The second kappa shape index (κ2) is 3.26. The molecule has 0 bridgehead atoms. The molecule has 0 aromatic rings. The standard InChI is InChI=1S/C7H11F3N2O/c1-5(13)4-6(7(8,9)10)11-2-3-12-6/h11-12H,2-4H2,1H3. The molecule has 0 saturated carbocycles. The van der Waals surface area contributed by atoms with Gasteiger partial charge < -0.3 is 0 Å². The fourth-order valence-corrected chi connectivity index (χ4v) is 1.41. The zero-order valence-corrected chi connectivity index (χ0v) is 7.16. The lowest BCUT2D eigenvalue weighted by atomic mass is 10.0. The van der Waals surface area contributed by atoms with Crippen molar-refractivity contribution in [1.29, 1.82) is 0 Å². The number of nitrogens with one attached hydrogen (secondary N) is 2. The van der Waals surface area contributed by atoms with E-state index < -0.39 is 24.0 Å². The fraction of sp³-hybridized carbons (Fsp3) is 0.857. The average molecular weight is 196 g/mol. The SMILES string of the molecule is CC(=O)CC1(C(F)(F)F)NCCN1. The Hall–Kier alpha value is -0.620. The lowest BCUT2D eigenvalue weighted by molar-refractivity contribution is -0.201. The molecule has 0 spiro atoms. The van der Waals surface area contributed by atoms with Gasteiger partial charge in [0.25, 0.3) is 0 Å². The minimum atomic E-state index is -4.44. The molecule has 0 aliphatic carbocycles. The molecule has 1 aliphatic heterocycles. The molecule has 76 valence electrons. The molecule has 0 unspecified atom stereocenters. The lowest BCUT2D eigenvalue weighted by Gasteiger charge is -2.31. The van der Waals surface area contributed by atoms with Crippen LogP contribution < -0.4 is 10.6 Å². The van der Waals surface area contributed by atoms with E-state index in [2.05, 4.69) is 10.6 Å². The molecule has 13 heavy (non-hydrogen) atoms. The Bertz CT molecular complexity index is 208. The van der Waals surface area contributed by atoms with Crippen LogP contribution >= 0.6 is 0 Å². The van der Waals surface area contributed by atoms with Crippen molar-refractivity contribution in [3.8, 4) is 0 Å². The number of hydrogen-bond donors (Lipinski definition) is 2. The van der Waals surface area contributed by atoms with Crippen LogP contribution in [0.5, 0.6) is 0 Å². The number of Topliss-reactive ketones (excluding diaryl/α,β-unsaturated/α-hetero) is 1. The molecule has 0 atom stereocenters. The monoisotopic (exact) mass is 196 g/mol. The van der Waals surface area contributed by atoms with Crippen LogP contribution in [0.4, 0.5) is 13.2 Å². The smallest absolute Gasteiger partial charge is 0.300 e. The summed E-state index contributed by atoms with van der Waals surface area (Å²) in [4.78, 5) is 10.7. The van der Waals surface area contributed by atoms with E-state index in [4.69, 9.17) is 0 Å². The molecule has 1 aliphatic rings. The van der Waals surface area contributed by atoms with Crippen LogP contribution in [0, 0.1) is 0 Å². The van der Waals surface area contributed by atoms with Gasteiger partial charge in [-0.25, -0.2) is 0 Å². The van der Waals surface area contributed by atoms with Gasteiger partial charge in [-0.3, -0.25) is 15.4 Å². The van der Waals surface area contributed by atoms with Crippen molar-refractivity contribution >= 4 is 5.78 Å². The van der Waals surface area contributed by atoms with Gasteiger partial charge in [0.05, 0.1) is 0 Å². The molecule has 0 amide bonds. The van der Waals surface area contributed by atoms with E-state index in [0.29, 0.717) is 0 Å². The van der Waals surface area contributed by atoms with Crippen LogP contribution in [0.3, 0.4) is 0 Å². The van der Waals surface area contributed by atoms with Crippen molar-refractivity contribution in [3.05, 3.63) is 0 Å². The normalized spacial score (nSPS) is 21.8. The predicted molar refractivity (Wildman–Crippen MR) is 40.1 cm³/mol. The van der Waals surface area contributed by atoms with Crippen molar-refractivity contribution in [3.63, 3.8) is 0 Å². The van der Waals surface area contributed by atoms with Gasteiger partial charge in [-0.05, 0) is 6.92 Å². The summed E-state index contributed by atoms with van der Waals surface area (Å²) in [7, 11) is 0. The topological polar surface area (TPSA) is 41.1 Å². The Labute approximate surface area is 73.7 Å². The minimum Gasteiger partial charge on any atom is -0.300 e. The van der Waals surface area contributed by atoms with E-state index in [-0.39, 0.29) is 13.1 Å². The maximum atomic E-state index is 12.5. The van der Waals surface area contributed by atoms with E-state index >= 15 is 0 Å². The van der Waals surface area contributed by atoms with E-state index in [1.165, 1.54) is 0 Å². The summed E-state index contributed by atoms with van der Waals surface area (Å²) < 4.78 is 37.5. The Morgan fingerprint density at radius 1 is 1.38 bits per heavy atom. The molecule has 1 heterocycles. The molecule has 0 aromatic carbocycles. The maximum Gasteiger partial charge on any atom is 0.420 e. The van der Waals surface area contributed by atoms with Gasteiger partial charge in [0.15, 0.2) is 5.66 Å². The second-order valence-corrected chi connectivity index (χ2v) is 3.14. The Morgan fingerprint density at radius 2 is 1.85 bits per heavy atom.